The lowest BCUT2D eigenvalue weighted by Gasteiger charge is -2.19. The Morgan fingerprint density at radius 3 is 2.56 bits per heavy atom. The van der Waals surface area contributed by atoms with Crippen LogP contribution in [-0.2, 0) is 16.1 Å². The van der Waals surface area contributed by atoms with Crippen LogP contribution in [0.15, 0.2) is 11.0 Å². The third-order valence-electron chi connectivity index (χ3n) is 3.53. The Kier molecular flexibility index (Phi) is 5.63. The maximum Gasteiger partial charge on any atom is 0.471 e. The monoisotopic (exact) mass is 385 g/mol. The van der Waals surface area contributed by atoms with Gasteiger partial charge in [-0.25, -0.2) is 0 Å². The number of rotatable bonds is 4. The summed E-state index contributed by atoms with van der Waals surface area (Å²) in [6.45, 7) is -1.35. The Bertz CT molecular complexity index is 764. The second-order valence-corrected chi connectivity index (χ2v) is 5.62. The molecule has 5 N–H and O–H groups in total. The van der Waals surface area contributed by atoms with Crippen LogP contribution in [0.4, 0.5) is 13.2 Å². The molecule has 9 nitrogen and oxygen atoms in total. The molecule has 1 saturated heterocycles. The molecule has 4 unspecified atom stereocenters. The van der Waals surface area contributed by atoms with Crippen LogP contribution >= 0.6 is 12.2 Å². The summed E-state index contributed by atoms with van der Waals surface area (Å²) in [5.74, 6) is -2.23. The fraction of sp³-hybridized carbons (Fsp3) is 0.583. The lowest BCUT2D eigenvalue weighted by Crippen LogP contribution is -2.38. The van der Waals surface area contributed by atoms with Gasteiger partial charge in [0.25, 0.3) is 5.56 Å². The van der Waals surface area contributed by atoms with E-state index in [0.717, 1.165) is 10.8 Å². The number of aromatic amines is 1. The van der Waals surface area contributed by atoms with Crippen molar-refractivity contribution in [3.63, 3.8) is 0 Å². The van der Waals surface area contributed by atoms with E-state index in [-0.39, 0.29) is 10.3 Å². The summed E-state index contributed by atoms with van der Waals surface area (Å²) in [6.07, 6.45) is -9.44. The molecular weight excluding hydrogens is 371 g/mol. The molecule has 0 spiro atoms. The van der Waals surface area contributed by atoms with Crippen molar-refractivity contribution in [1.82, 2.24) is 14.9 Å². The summed E-state index contributed by atoms with van der Waals surface area (Å²) in [6, 6.07) is 0. The first-order chi connectivity index (χ1) is 11.6. The van der Waals surface area contributed by atoms with Crippen molar-refractivity contribution in [2.24, 2.45) is 0 Å². The van der Waals surface area contributed by atoms with Crippen molar-refractivity contribution in [1.29, 1.82) is 0 Å². The normalized spacial score (nSPS) is 26.6. The van der Waals surface area contributed by atoms with Gasteiger partial charge in [0.2, 0.25) is 0 Å². The summed E-state index contributed by atoms with van der Waals surface area (Å²) in [7, 11) is 0. The topological polar surface area (TPSA) is 137 Å². The van der Waals surface area contributed by atoms with Crippen molar-refractivity contribution in [2.45, 2.75) is 37.3 Å². The van der Waals surface area contributed by atoms with Gasteiger partial charge in [0.15, 0.2) is 11.0 Å². The predicted molar refractivity (Wildman–Crippen MR) is 76.8 cm³/mol. The van der Waals surface area contributed by atoms with Gasteiger partial charge in [-0.3, -0.25) is 19.1 Å². The average molecular weight is 385 g/mol. The van der Waals surface area contributed by atoms with Gasteiger partial charge >= 0.3 is 12.1 Å². The minimum atomic E-state index is -5.11. The summed E-state index contributed by atoms with van der Waals surface area (Å²) < 4.78 is 42.6. The Hall–Kier alpha value is -1.80. The number of nitrogens with one attached hydrogen (secondary N) is 2. The molecule has 4 atom stereocenters. The molecule has 2 heterocycles. The number of carbonyl (C=O) groups is 1. The molecule has 1 fully saturated rings. The van der Waals surface area contributed by atoms with Crippen molar-refractivity contribution in [2.75, 3.05) is 6.61 Å². The molecule has 140 valence electrons. The van der Waals surface area contributed by atoms with Crippen LogP contribution in [0.5, 0.6) is 0 Å². The maximum absolute atomic E-state index is 12.2. The van der Waals surface area contributed by atoms with E-state index < -0.39 is 55.3 Å². The van der Waals surface area contributed by atoms with Crippen LogP contribution in [0.25, 0.3) is 0 Å². The highest BCUT2D eigenvalue weighted by Gasteiger charge is 2.43. The molecule has 1 aliphatic heterocycles. The number of amides is 1. The van der Waals surface area contributed by atoms with Gasteiger partial charge < -0.3 is 25.4 Å². The van der Waals surface area contributed by atoms with E-state index in [1.807, 2.05) is 0 Å². The first kappa shape index (κ1) is 19.5. The van der Waals surface area contributed by atoms with Gasteiger partial charge in [-0.05, 0) is 12.2 Å². The second kappa shape index (κ2) is 7.21. The van der Waals surface area contributed by atoms with E-state index in [4.69, 9.17) is 22.1 Å². The smallest absolute Gasteiger partial charge is 0.394 e. The molecule has 2 rings (SSSR count). The number of nitrogens with zero attached hydrogens (tertiary/aromatic N) is 1. The number of ether oxygens (including phenoxy) is 1. The summed E-state index contributed by atoms with van der Waals surface area (Å²) >= 11 is 4.90. The fourth-order valence-electron chi connectivity index (χ4n) is 2.23. The van der Waals surface area contributed by atoms with E-state index in [2.05, 4.69) is 4.98 Å². The molecule has 1 aliphatic rings. The molecule has 1 amide bonds. The van der Waals surface area contributed by atoms with Crippen LogP contribution in [-0.4, -0.2) is 61.9 Å². The summed E-state index contributed by atoms with van der Waals surface area (Å²) in [4.78, 5) is 24.8. The highest BCUT2D eigenvalue weighted by atomic mass is 32.1. The molecule has 0 aliphatic carbocycles. The second-order valence-electron chi connectivity index (χ2n) is 5.23. The minimum absolute atomic E-state index is 0.231. The molecular formula is C12H14F3N3O6S. The number of hydrogen-bond donors (Lipinski definition) is 5. The van der Waals surface area contributed by atoms with E-state index >= 15 is 0 Å². The SMILES string of the molecule is O=C(NCc1cn(C2OC(CO)C(O)C2O)c(=S)[nH]c1=O)C(F)(F)F. The molecule has 0 saturated carbocycles. The maximum atomic E-state index is 12.2. The summed E-state index contributed by atoms with van der Waals surface area (Å²) in [5.41, 5.74) is -1.13. The molecule has 0 aromatic carbocycles. The van der Waals surface area contributed by atoms with Gasteiger partial charge in [-0.2, -0.15) is 13.2 Å². The zero-order valence-electron chi connectivity index (χ0n) is 12.4. The number of alkyl halides is 3. The van der Waals surface area contributed by atoms with Gasteiger partial charge in [0.1, 0.15) is 18.3 Å². The van der Waals surface area contributed by atoms with Crippen molar-refractivity contribution < 1.29 is 38.0 Å². The Morgan fingerprint density at radius 1 is 1.40 bits per heavy atom. The third-order valence-corrected chi connectivity index (χ3v) is 3.84. The number of aromatic nitrogens is 2. The van der Waals surface area contributed by atoms with Gasteiger partial charge in [-0.15, -0.1) is 0 Å². The Morgan fingerprint density at radius 2 is 2.04 bits per heavy atom. The Labute approximate surface area is 142 Å². The molecule has 25 heavy (non-hydrogen) atoms. The molecule has 0 bridgehead atoms. The van der Waals surface area contributed by atoms with Crippen LogP contribution < -0.4 is 10.9 Å². The number of hydrogen-bond acceptors (Lipinski definition) is 7. The van der Waals surface area contributed by atoms with E-state index in [1.165, 1.54) is 5.32 Å². The number of aliphatic hydroxyl groups is 3. The minimum Gasteiger partial charge on any atom is -0.394 e. The van der Waals surface area contributed by atoms with Crippen LogP contribution in [0.3, 0.4) is 0 Å². The molecule has 0 radical (unpaired) electrons. The highest BCUT2D eigenvalue weighted by Crippen LogP contribution is 2.29. The highest BCUT2D eigenvalue weighted by molar-refractivity contribution is 7.71. The van der Waals surface area contributed by atoms with Crippen LogP contribution in [0.2, 0.25) is 0 Å². The Balaban J connectivity index is 2.28. The number of halogens is 3. The van der Waals surface area contributed by atoms with E-state index in [1.54, 1.807) is 0 Å². The van der Waals surface area contributed by atoms with Crippen molar-refractivity contribution >= 4 is 18.1 Å². The molecule has 1 aromatic rings. The molecule has 1 aromatic heterocycles. The lowest BCUT2D eigenvalue weighted by molar-refractivity contribution is -0.173. The van der Waals surface area contributed by atoms with E-state index in [9.17, 15) is 33.0 Å². The first-order valence-corrected chi connectivity index (χ1v) is 7.29. The number of carbonyl (C=O) groups excluding carboxylic acids is 1. The zero-order valence-corrected chi connectivity index (χ0v) is 13.2. The zero-order chi connectivity index (χ0) is 18.9. The number of aliphatic hydroxyl groups excluding tert-OH is 3. The van der Waals surface area contributed by atoms with Gasteiger partial charge in [0.05, 0.1) is 12.2 Å². The van der Waals surface area contributed by atoms with Crippen LogP contribution in [0.1, 0.15) is 11.8 Å². The van der Waals surface area contributed by atoms with Crippen molar-refractivity contribution in [3.05, 3.63) is 26.9 Å². The first-order valence-electron chi connectivity index (χ1n) is 6.88. The quantitative estimate of drug-likeness (QED) is 0.406. The van der Waals surface area contributed by atoms with Crippen LogP contribution in [0, 0.1) is 4.77 Å². The molecule has 13 heteroatoms. The van der Waals surface area contributed by atoms with Gasteiger partial charge in [0, 0.05) is 12.7 Å². The number of H-pyrrole nitrogens is 1. The largest absolute Gasteiger partial charge is 0.471 e. The summed E-state index contributed by atoms with van der Waals surface area (Å²) in [5, 5.41) is 30.3. The predicted octanol–water partition coefficient (Wildman–Crippen LogP) is -1.30. The third kappa shape index (κ3) is 4.07. The van der Waals surface area contributed by atoms with Gasteiger partial charge in [-0.1, -0.05) is 0 Å². The van der Waals surface area contributed by atoms with E-state index in [0.29, 0.717) is 0 Å². The average Bonchev–Trinajstić information content (AvgIpc) is 2.81. The lowest BCUT2D eigenvalue weighted by atomic mass is 10.1. The standard InChI is InChI=1S/C12H14F3N3O6S/c13-12(14,15)10(23)16-1-4-2-18(11(25)17-8(4)22)9-7(21)6(20)5(3-19)24-9/h2,5-7,9,19-21H,1,3H2,(H,16,23)(H,17,22,25). The van der Waals surface area contributed by atoms with Crippen molar-refractivity contribution in [3.8, 4) is 0 Å². The fourth-order valence-corrected chi connectivity index (χ4v) is 2.48.